The number of hydrogen-bond acceptors (Lipinski definition) is 3. The van der Waals surface area contributed by atoms with Gasteiger partial charge < -0.3 is 15.5 Å². The first-order valence-electron chi connectivity index (χ1n) is 7.42. The molecule has 0 bridgehead atoms. The van der Waals surface area contributed by atoms with Gasteiger partial charge in [0, 0.05) is 13.1 Å². The molecule has 18 heavy (non-hydrogen) atoms. The van der Waals surface area contributed by atoms with E-state index < -0.39 is 0 Å². The summed E-state index contributed by atoms with van der Waals surface area (Å²) in [5.41, 5.74) is 0. The maximum Gasteiger partial charge on any atom is 0.237 e. The van der Waals surface area contributed by atoms with Crippen molar-refractivity contribution in [3.63, 3.8) is 0 Å². The highest BCUT2D eigenvalue weighted by atomic mass is 16.2. The van der Waals surface area contributed by atoms with Crippen LogP contribution >= 0.6 is 0 Å². The topological polar surface area (TPSA) is 44.4 Å². The Morgan fingerprint density at radius 2 is 2.28 bits per heavy atom. The number of carbonyl (C=O) groups is 1. The lowest BCUT2D eigenvalue weighted by molar-refractivity contribution is -0.124. The normalized spacial score (nSPS) is 33.6. The van der Waals surface area contributed by atoms with Gasteiger partial charge in [-0.1, -0.05) is 13.8 Å². The molecular formula is C14H27N3O. The molecule has 2 aliphatic rings. The van der Waals surface area contributed by atoms with Crippen LogP contribution < -0.4 is 10.6 Å². The van der Waals surface area contributed by atoms with Crippen molar-refractivity contribution in [2.45, 2.75) is 39.2 Å². The van der Waals surface area contributed by atoms with E-state index in [9.17, 15) is 4.79 Å². The summed E-state index contributed by atoms with van der Waals surface area (Å²) in [5.74, 6) is 1.52. The lowest BCUT2D eigenvalue weighted by Gasteiger charge is -2.27. The van der Waals surface area contributed by atoms with Gasteiger partial charge in [-0.15, -0.1) is 0 Å². The Bertz CT molecular complexity index is 282. The molecule has 0 aromatic rings. The molecule has 1 amide bonds. The molecule has 3 atom stereocenters. The average Bonchev–Trinajstić information content (AvgIpc) is 2.84. The number of amides is 1. The first-order chi connectivity index (χ1) is 8.69. The Kier molecular flexibility index (Phi) is 5.01. The maximum absolute atomic E-state index is 12.1. The van der Waals surface area contributed by atoms with Gasteiger partial charge in [-0.25, -0.2) is 0 Å². The van der Waals surface area contributed by atoms with Gasteiger partial charge in [0.25, 0.3) is 0 Å². The molecule has 3 unspecified atom stereocenters. The van der Waals surface area contributed by atoms with E-state index in [1.165, 1.54) is 19.4 Å². The van der Waals surface area contributed by atoms with Crippen molar-refractivity contribution in [2.24, 2.45) is 11.8 Å². The minimum atomic E-state index is 0.0393. The van der Waals surface area contributed by atoms with Gasteiger partial charge in [0.2, 0.25) is 5.91 Å². The predicted molar refractivity (Wildman–Crippen MR) is 73.4 cm³/mol. The second-order valence-electron chi connectivity index (χ2n) is 5.93. The van der Waals surface area contributed by atoms with Gasteiger partial charge in [-0.3, -0.25) is 4.79 Å². The number of nitrogens with one attached hydrogen (secondary N) is 2. The van der Waals surface area contributed by atoms with Crippen LogP contribution in [0.5, 0.6) is 0 Å². The molecule has 0 saturated carbocycles. The van der Waals surface area contributed by atoms with Crippen molar-refractivity contribution >= 4 is 5.91 Å². The number of rotatable bonds is 4. The second kappa shape index (κ2) is 6.53. The summed E-state index contributed by atoms with van der Waals surface area (Å²) in [4.78, 5) is 14.5. The average molecular weight is 253 g/mol. The summed E-state index contributed by atoms with van der Waals surface area (Å²) < 4.78 is 0. The van der Waals surface area contributed by atoms with Crippen LogP contribution in [-0.2, 0) is 4.79 Å². The van der Waals surface area contributed by atoms with E-state index in [1.807, 2.05) is 0 Å². The zero-order chi connectivity index (χ0) is 13.0. The van der Waals surface area contributed by atoms with Gasteiger partial charge >= 0.3 is 0 Å². The van der Waals surface area contributed by atoms with E-state index in [2.05, 4.69) is 29.4 Å². The smallest absolute Gasteiger partial charge is 0.237 e. The van der Waals surface area contributed by atoms with Crippen LogP contribution in [0, 0.1) is 11.8 Å². The Morgan fingerprint density at radius 1 is 1.44 bits per heavy atom. The Balaban J connectivity index is 1.68. The molecule has 0 radical (unpaired) electrons. The monoisotopic (exact) mass is 253 g/mol. The van der Waals surface area contributed by atoms with Gasteiger partial charge in [0.05, 0.1) is 6.04 Å². The van der Waals surface area contributed by atoms with Crippen LogP contribution in [0.1, 0.15) is 33.1 Å². The highest BCUT2D eigenvalue weighted by Crippen LogP contribution is 2.16. The Labute approximate surface area is 110 Å². The second-order valence-corrected chi connectivity index (χ2v) is 5.93. The summed E-state index contributed by atoms with van der Waals surface area (Å²) in [5, 5.41) is 6.45. The highest BCUT2D eigenvalue weighted by molar-refractivity contribution is 5.81. The third-order valence-electron chi connectivity index (χ3n) is 4.36. The minimum Gasteiger partial charge on any atom is -0.354 e. The van der Waals surface area contributed by atoms with Crippen molar-refractivity contribution < 1.29 is 4.79 Å². The zero-order valence-electron chi connectivity index (χ0n) is 11.7. The van der Waals surface area contributed by atoms with E-state index in [-0.39, 0.29) is 11.9 Å². The van der Waals surface area contributed by atoms with E-state index in [0.29, 0.717) is 11.8 Å². The quantitative estimate of drug-likeness (QED) is 0.780. The largest absolute Gasteiger partial charge is 0.354 e. The molecular weight excluding hydrogens is 226 g/mol. The van der Waals surface area contributed by atoms with Crippen LogP contribution in [0.15, 0.2) is 0 Å². The molecule has 2 saturated heterocycles. The van der Waals surface area contributed by atoms with Crippen LogP contribution in [0.4, 0.5) is 0 Å². The van der Waals surface area contributed by atoms with Crippen molar-refractivity contribution in [2.75, 3.05) is 32.7 Å². The van der Waals surface area contributed by atoms with Gasteiger partial charge in [0.1, 0.15) is 0 Å². The first-order valence-corrected chi connectivity index (χ1v) is 7.42. The van der Waals surface area contributed by atoms with E-state index in [0.717, 1.165) is 32.6 Å². The number of piperidine rings is 1. The first kappa shape index (κ1) is 13.8. The zero-order valence-corrected chi connectivity index (χ0v) is 11.7. The number of carbonyl (C=O) groups excluding carboxylic acids is 1. The van der Waals surface area contributed by atoms with Crippen molar-refractivity contribution in [1.82, 2.24) is 15.5 Å². The van der Waals surface area contributed by atoms with Crippen molar-refractivity contribution in [3.8, 4) is 0 Å². The number of nitrogens with zero attached hydrogens (tertiary/aromatic N) is 1. The lowest BCUT2D eigenvalue weighted by Crippen LogP contribution is -2.49. The standard InChI is InChI=1S/C14H27N3O/c1-3-17-7-5-12(10-17)9-16-14(18)13-8-11(2)4-6-15-13/h11-13,15H,3-10H2,1-2H3,(H,16,18). The van der Waals surface area contributed by atoms with Crippen LogP contribution in [0.3, 0.4) is 0 Å². The molecule has 0 aromatic heterocycles. The summed E-state index contributed by atoms with van der Waals surface area (Å²) in [6.45, 7) is 9.73. The van der Waals surface area contributed by atoms with Crippen LogP contribution in [0.25, 0.3) is 0 Å². The van der Waals surface area contributed by atoms with E-state index >= 15 is 0 Å². The third kappa shape index (κ3) is 3.69. The summed E-state index contributed by atoms with van der Waals surface area (Å²) >= 11 is 0. The highest BCUT2D eigenvalue weighted by Gasteiger charge is 2.26. The fourth-order valence-corrected chi connectivity index (χ4v) is 3.04. The molecule has 2 fully saturated rings. The van der Waals surface area contributed by atoms with Gasteiger partial charge in [-0.05, 0) is 50.7 Å². The Hall–Kier alpha value is -0.610. The molecule has 4 nitrogen and oxygen atoms in total. The molecule has 2 heterocycles. The molecule has 2 rings (SSSR count). The molecule has 2 aliphatic heterocycles. The van der Waals surface area contributed by atoms with Gasteiger partial charge in [-0.2, -0.15) is 0 Å². The van der Waals surface area contributed by atoms with Crippen LogP contribution in [-0.4, -0.2) is 49.6 Å². The predicted octanol–water partition coefficient (Wildman–Crippen LogP) is 0.833. The number of hydrogen-bond donors (Lipinski definition) is 2. The summed E-state index contributed by atoms with van der Waals surface area (Å²) in [6.07, 6.45) is 3.40. The lowest BCUT2D eigenvalue weighted by atomic mass is 9.94. The van der Waals surface area contributed by atoms with E-state index in [1.54, 1.807) is 0 Å². The fourth-order valence-electron chi connectivity index (χ4n) is 3.04. The molecule has 4 heteroatoms. The molecule has 104 valence electrons. The van der Waals surface area contributed by atoms with Crippen molar-refractivity contribution in [1.29, 1.82) is 0 Å². The summed E-state index contributed by atoms with van der Waals surface area (Å²) in [7, 11) is 0. The van der Waals surface area contributed by atoms with Crippen molar-refractivity contribution in [3.05, 3.63) is 0 Å². The molecule has 0 aliphatic carbocycles. The van der Waals surface area contributed by atoms with Gasteiger partial charge in [0.15, 0.2) is 0 Å². The minimum absolute atomic E-state index is 0.0393. The molecule has 2 N–H and O–H groups in total. The third-order valence-corrected chi connectivity index (χ3v) is 4.36. The summed E-state index contributed by atoms with van der Waals surface area (Å²) in [6, 6.07) is 0.0393. The van der Waals surface area contributed by atoms with Crippen LogP contribution in [0.2, 0.25) is 0 Å². The Morgan fingerprint density at radius 3 is 2.94 bits per heavy atom. The van der Waals surface area contributed by atoms with E-state index in [4.69, 9.17) is 0 Å². The molecule has 0 spiro atoms. The molecule has 0 aromatic carbocycles. The fraction of sp³-hybridized carbons (Fsp3) is 0.929. The maximum atomic E-state index is 12.1. The SMILES string of the molecule is CCN1CCC(CNC(=O)C2CC(C)CCN2)C1. The number of likely N-dealkylation sites (tertiary alicyclic amines) is 1.